The molecule has 0 aliphatic rings. The van der Waals surface area contributed by atoms with Crippen molar-refractivity contribution in [2.75, 3.05) is 27.4 Å². The Labute approximate surface area is 179 Å². The van der Waals surface area contributed by atoms with E-state index in [-0.39, 0.29) is 23.8 Å². The Morgan fingerprint density at radius 3 is 2.55 bits per heavy atom. The first kappa shape index (κ1) is 22.4. The molecule has 2 heterocycles. The summed E-state index contributed by atoms with van der Waals surface area (Å²) in [5.41, 5.74) is 0.255. The van der Waals surface area contributed by atoms with E-state index in [0.29, 0.717) is 19.8 Å². The van der Waals surface area contributed by atoms with Gasteiger partial charge in [-0.25, -0.2) is 14.3 Å². The Morgan fingerprint density at radius 1 is 1.13 bits per heavy atom. The number of benzene rings is 1. The van der Waals surface area contributed by atoms with E-state index in [1.165, 1.54) is 18.0 Å². The lowest BCUT2D eigenvalue weighted by Crippen LogP contribution is -2.46. The summed E-state index contributed by atoms with van der Waals surface area (Å²) in [6, 6.07) is 9.14. The normalized spacial score (nSPS) is 12.2. The number of carbonyl (C=O) groups is 1. The van der Waals surface area contributed by atoms with Crippen LogP contribution in [0.5, 0.6) is 0 Å². The molecule has 1 amide bonds. The number of fused-ring (bicyclic) bond motifs is 1. The van der Waals surface area contributed by atoms with Crippen molar-refractivity contribution in [3.05, 3.63) is 63.1 Å². The van der Waals surface area contributed by atoms with Crippen LogP contribution in [0, 0.1) is 0 Å². The zero-order valence-electron chi connectivity index (χ0n) is 17.9. The molecule has 2 aromatic heterocycles. The number of ether oxygens (including phenoxy) is 2. The summed E-state index contributed by atoms with van der Waals surface area (Å²) in [4.78, 5) is 43.2. The van der Waals surface area contributed by atoms with E-state index in [4.69, 9.17) is 9.47 Å². The maximum absolute atomic E-state index is 13.2. The lowest BCUT2D eigenvalue weighted by atomic mass is 10.2. The first-order valence-corrected chi connectivity index (χ1v) is 9.96. The fraction of sp³-hybridized carbons (Fsp3) is 0.429. The van der Waals surface area contributed by atoms with Crippen LogP contribution in [0.15, 0.2) is 46.2 Å². The number of carbonyl (C=O) groups excluding carboxylic acids is 1. The largest absolute Gasteiger partial charge is 0.383 e. The average molecular weight is 429 g/mol. The van der Waals surface area contributed by atoms with E-state index in [2.05, 4.69) is 10.3 Å². The molecule has 31 heavy (non-hydrogen) atoms. The van der Waals surface area contributed by atoms with Crippen molar-refractivity contribution >= 4 is 17.1 Å². The molecular formula is C21H27N5O5. The predicted octanol–water partition coefficient (Wildman–Crippen LogP) is 0.206. The van der Waals surface area contributed by atoms with Crippen molar-refractivity contribution in [1.82, 2.24) is 24.0 Å². The zero-order chi connectivity index (χ0) is 22.4. The molecule has 0 saturated carbocycles. The van der Waals surface area contributed by atoms with Gasteiger partial charge in [-0.3, -0.25) is 14.2 Å². The van der Waals surface area contributed by atoms with E-state index in [1.807, 2.05) is 30.3 Å². The van der Waals surface area contributed by atoms with E-state index < -0.39 is 23.7 Å². The van der Waals surface area contributed by atoms with Crippen LogP contribution < -0.4 is 16.6 Å². The fourth-order valence-corrected chi connectivity index (χ4v) is 3.40. The smallest absolute Gasteiger partial charge is 0.333 e. The number of imidazole rings is 1. The summed E-state index contributed by atoms with van der Waals surface area (Å²) >= 11 is 0. The Balaban J connectivity index is 2.08. The summed E-state index contributed by atoms with van der Waals surface area (Å²) in [5, 5.41) is 2.73. The Kier molecular flexibility index (Phi) is 7.37. The topological polar surface area (TPSA) is 109 Å². The number of aromatic nitrogens is 4. The second-order valence-electron chi connectivity index (χ2n) is 7.27. The lowest BCUT2D eigenvalue weighted by Gasteiger charge is -2.15. The molecule has 0 bridgehead atoms. The molecule has 0 fully saturated rings. The van der Waals surface area contributed by atoms with Crippen LogP contribution in [0.2, 0.25) is 0 Å². The van der Waals surface area contributed by atoms with Crippen molar-refractivity contribution < 1.29 is 14.3 Å². The number of nitrogens with zero attached hydrogens (tertiary/aromatic N) is 4. The molecule has 1 aromatic carbocycles. The highest BCUT2D eigenvalue weighted by atomic mass is 16.5. The Bertz CT molecular complexity index is 1150. The summed E-state index contributed by atoms with van der Waals surface area (Å²) in [5.74, 6) is -0.447. The number of hydrogen-bond acceptors (Lipinski definition) is 6. The van der Waals surface area contributed by atoms with Gasteiger partial charge in [0.1, 0.15) is 6.54 Å². The van der Waals surface area contributed by atoms with Gasteiger partial charge in [-0.1, -0.05) is 30.3 Å². The molecule has 0 saturated heterocycles. The van der Waals surface area contributed by atoms with Crippen molar-refractivity contribution in [3.63, 3.8) is 0 Å². The van der Waals surface area contributed by atoms with Gasteiger partial charge in [0.25, 0.3) is 5.56 Å². The third-order valence-corrected chi connectivity index (χ3v) is 4.83. The minimum Gasteiger partial charge on any atom is -0.383 e. The van der Waals surface area contributed by atoms with E-state index in [0.717, 1.165) is 10.1 Å². The van der Waals surface area contributed by atoms with Crippen LogP contribution in [0.3, 0.4) is 0 Å². The molecule has 0 radical (unpaired) electrons. The number of amides is 1. The van der Waals surface area contributed by atoms with E-state index in [9.17, 15) is 14.4 Å². The van der Waals surface area contributed by atoms with Crippen molar-refractivity contribution in [3.8, 4) is 0 Å². The van der Waals surface area contributed by atoms with Gasteiger partial charge in [0.05, 0.1) is 26.1 Å². The maximum Gasteiger partial charge on any atom is 0.333 e. The number of nitrogens with one attached hydrogen (secondary N) is 1. The minimum atomic E-state index is -0.590. The van der Waals surface area contributed by atoms with E-state index >= 15 is 0 Å². The highest BCUT2D eigenvalue weighted by Crippen LogP contribution is 2.10. The van der Waals surface area contributed by atoms with Gasteiger partial charge < -0.3 is 19.4 Å². The summed E-state index contributed by atoms with van der Waals surface area (Å²) in [7, 11) is 3.10. The SMILES string of the molecule is COCCn1cnc2c1c(=O)n(CC(=O)NC(C)COC)c(=O)n2Cc1ccccc1. The first-order valence-electron chi connectivity index (χ1n) is 9.96. The van der Waals surface area contributed by atoms with Crippen molar-refractivity contribution in [1.29, 1.82) is 0 Å². The molecule has 0 spiro atoms. The molecule has 1 unspecified atom stereocenters. The average Bonchev–Trinajstić information content (AvgIpc) is 3.17. The van der Waals surface area contributed by atoms with Crippen molar-refractivity contribution in [2.45, 2.75) is 32.6 Å². The molecule has 3 rings (SSSR count). The number of hydrogen-bond donors (Lipinski definition) is 1. The Morgan fingerprint density at radius 2 is 1.87 bits per heavy atom. The van der Waals surface area contributed by atoms with Gasteiger partial charge in [-0.2, -0.15) is 0 Å². The predicted molar refractivity (Wildman–Crippen MR) is 115 cm³/mol. The van der Waals surface area contributed by atoms with Crippen LogP contribution in [0.25, 0.3) is 11.2 Å². The quantitative estimate of drug-likeness (QED) is 0.493. The second-order valence-corrected chi connectivity index (χ2v) is 7.27. The molecular weight excluding hydrogens is 402 g/mol. The number of rotatable bonds is 10. The third kappa shape index (κ3) is 5.09. The first-order chi connectivity index (χ1) is 15.0. The van der Waals surface area contributed by atoms with Gasteiger partial charge in [0.15, 0.2) is 11.2 Å². The molecule has 10 heteroatoms. The standard InChI is InChI=1S/C21H27N5O5/c1-15(13-31-3)23-17(27)12-26-20(28)18-19(22-14-24(18)9-10-30-2)25(21(26)29)11-16-7-5-4-6-8-16/h4-8,14-15H,9-13H2,1-3H3,(H,23,27). The molecule has 0 aliphatic carbocycles. The maximum atomic E-state index is 13.2. The molecule has 10 nitrogen and oxygen atoms in total. The molecule has 1 atom stereocenters. The monoisotopic (exact) mass is 429 g/mol. The molecule has 3 aromatic rings. The summed E-state index contributed by atoms with van der Waals surface area (Å²) < 4.78 is 14.1. The Hall–Kier alpha value is -3.24. The van der Waals surface area contributed by atoms with Gasteiger partial charge in [0, 0.05) is 26.8 Å². The summed E-state index contributed by atoms with van der Waals surface area (Å²) in [6.45, 7) is 2.69. The summed E-state index contributed by atoms with van der Waals surface area (Å²) in [6.07, 6.45) is 1.51. The lowest BCUT2D eigenvalue weighted by molar-refractivity contribution is -0.122. The van der Waals surface area contributed by atoms with Gasteiger partial charge >= 0.3 is 5.69 Å². The highest BCUT2D eigenvalue weighted by molar-refractivity contribution is 5.77. The van der Waals surface area contributed by atoms with Crippen LogP contribution in [-0.4, -0.2) is 58.1 Å². The van der Waals surface area contributed by atoms with Crippen LogP contribution in [0.1, 0.15) is 12.5 Å². The van der Waals surface area contributed by atoms with Gasteiger partial charge in [0.2, 0.25) is 5.91 Å². The molecule has 0 aliphatic heterocycles. The van der Waals surface area contributed by atoms with E-state index in [1.54, 1.807) is 18.6 Å². The number of methoxy groups -OCH3 is 2. The zero-order valence-corrected chi connectivity index (χ0v) is 17.9. The van der Waals surface area contributed by atoms with Crippen LogP contribution in [-0.2, 0) is 33.9 Å². The third-order valence-electron chi connectivity index (χ3n) is 4.83. The molecule has 166 valence electrons. The highest BCUT2D eigenvalue weighted by Gasteiger charge is 2.20. The minimum absolute atomic E-state index is 0.222. The second kappa shape index (κ2) is 10.2. The van der Waals surface area contributed by atoms with Crippen LogP contribution in [0.4, 0.5) is 0 Å². The fourth-order valence-electron chi connectivity index (χ4n) is 3.40. The van der Waals surface area contributed by atoms with Crippen molar-refractivity contribution in [2.24, 2.45) is 0 Å². The van der Waals surface area contributed by atoms with Gasteiger partial charge in [-0.15, -0.1) is 0 Å². The van der Waals surface area contributed by atoms with Gasteiger partial charge in [-0.05, 0) is 12.5 Å². The molecule has 1 N–H and O–H groups in total. The van der Waals surface area contributed by atoms with Crippen LogP contribution >= 0.6 is 0 Å².